The average Bonchev–Trinajstić information content (AvgIpc) is 2.68. The molecule has 3 rings (SSSR count). The monoisotopic (exact) mass is 449 g/mol. The van der Waals surface area contributed by atoms with Crippen LogP contribution in [0.15, 0.2) is 53.0 Å². The predicted octanol–water partition coefficient (Wildman–Crippen LogP) is 4.95. The van der Waals surface area contributed by atoms with Crippen molar-refractivity contribution < 1.29 is 23.5 Å². The Morgan fingerprint density at radius 1 is 1.25 bits per heavy atom. The minimum absolute atomic E-state index is 0.124. The standard InChI is InChI=1S/C21H21BrFNO4/c1-14(15-3-7-17(22)8-4-15)24-12-11-21(28-20(24)26,13-19(25)27-2)16-5-9-18(23)10-6-16/h3-10,14H,11-13H2,1-2H3. The first kappa shape index (κ1) is 20.3. The molecule has 5 nitrogen and oxygen atoms in total. The van der Waals surface area contributed by atoms with Crippen LogP contribution in [0.25, 0.3) is 0 Å². The molecule has 28 heavy (non-hydrogen) atoms. The molecule has 2 aromatic carbocycles. The van der Waals surface area contributed by atoms with E-state index in [1.807, 2.05) is 31.2 Å². The van der Waals surface area contributed by atoms with E-state index in [1.54, 1.807) is 17.0 Å². The van der Waals surface area contributed by atoms with E-state index in [0.717, 1.165) is 10.0 Å². The van der Waals surface area contributed by atoms with E-state index in [4.69, 9.17) is 9.47 Å². The number of hydrogen-bond acceptors (Lipinski definition) is 4. The Kier molecular flexibility index (Phi) is 6.03. The van der Waals surface area contributed by atoms with E-state index >= 15 is 0 Å². The second kappa shape index (κ2) is 8.31. The summed E-state index contributed by atoms with van der Waals surface area (Å²) >= 11 is 3.40. The van der Waals surface area contributed by atoms with Gasteiger partial charge >= 0.3 is 12.1 Å². The molecule has 1 aliphatic rings. The quantitative estimate of drug-likeness (QED) is 0.605. The van der Waals surface area contributed by atoms with Gasteiger partial charge in [0, 0.05) is 17.4 Å². The summed E-state index contributed by atoms with van der Waals surface area (Å²) in [4.78, 5) is 26.5. The van der Waals surface area contributed by atoms with Crippen molar-refractivity contribution in [1.82, 2.24) is 4.90 Å². The summed E-state index contributed by atoms with van der Waals surface area (Å²) in [7, 11) is 1.28. The van der Waals surface area contributed by atoms with Crippen LogP contribution in [0.5, 0.6) is 0 Å². The number of halogens is 2. The average molecular weight is 450 g/mol. The van der Waals surface area contributed by atoms with E-state index in [2.05, 4.69) is 15.9 Å². The Bertz CT molecular complexity index is 856. The lowest BCUT2D eigenvalue weighted by Gasteiger charge is -2.43. The van der Waals surface area contributed by atoms with E-state index in [-0.39, 0.29) is 12.5 Å². The SMILES string of the molecule is COC(=O)CC1(c2ccc(F)cc2)CCN(C(C)c2ccc(Br)cc2)C(=O)O1. The second-order valence-electron chi connectivity index (χ2n) is 6.79. The molecule has 1 saturated heterocycles. The Morgan fingerprint density at radius 3 is 2.46 bits per heavy atom. The zero-order chi connectivity index (χ0) is 20.3. The van der Waals surface area contributed by atoms with Gasteiger partial charge in [-0.25, -0.2) is 9.18 Å². The lowest BCUT2D eigenvalue weighted by molar-refractivity contribution is -0.149. The van der Waals surface area contributed by atoms with Gasteiger partial charge in [-0.05, 0) is 42.3 Å². The summed E-state index contributed by atoms with van der Waals surface area (Å²) in [6, 6.07) is 13.2. The van der Waals surface area contributed by atoms with Gasteiger partial charge in [-0.15, -0.1) is 0 Å². The van der Waals surface area contributed by atoms with Crippen molar-refractivity contribution in [3.63, 3.8) is 0 Å². The van der Waals surface area contributed by atoms with Crippen LogP contribution in [0.1, 0.15) is 36.9 Å². The molecule has 0 spiro atoms. The number of carbonyl (C=O) groups excluding carboxylic acids is 2. The summed E-state index contributed by atoms with van der Waals surface area (Å²) in [6.07, 6.45) is -0.253. The molecule has 0 aliphatic carbocycles. The highest BCUT2D eigenvalue weighted by Crippen LogP contribution is 2.40. The van der Waals surface area contributed by atoms with Crippen molar-refractivity contribution in [2.45, 2.75) is 31.4 Å². The molecule has 1 fully saturated rings. The van der Waals surface area contributed by atoms with Crippen molar-refractivity contribution in [3.8, 4) is 0 Å². The zero-order valence-corrected chi connectivity index (χ0v) is 17.2. The number of benzene rings is 2. The van der Waals surface area contributed by atoms with Gasteiger partial charge in [0.1, 0.15) is 5.82 Å². The second-order valence-corrected chi connectivity index (χ2v) is 7.71. The molecule has 0 saturated carbocycles. The zero-order valence-electron chi connectivity index (χ0n) is 15.7. The molecule has 0 radical (unpaired) electrons. The van der Waals surface area contributed by atoms with E-state index < -0.39 is 23.5 Å². The highest BCUT2D eigenvalue weighted by Gasteiger charge is 2.45. The van der Waals surface area contributed by atoms with Gasteiger partial charge in [0.2, 0.25) is 0 Å². The molecule has 2 unspecified atom stereocenters. The molecule has 1 aliphatic heterocycles. The van der Waals surface area contributed by atoms with Crippen LogP contribution in [0.3, 0.4) is 0 Å². The molecule has 1 heterocycles. The van der Waals surface area contributed by atoms with Gasteiger partial charge in [-0.3, -0.25) is 4.79 Å². The molecular formula is C21H21BrFNO4. The summed E-state index contributed by atoms with van der Waals surface area (Å²) < 4.78 is 24.9. The number of esters is 1. The molecule has 2 aromatic rings. The van der Waals surface area contributed by atoms with Crippen molar-refractivity contribution in [3.05, 3.63) is 69.9 Å². The smallest absolute Gasteiger partial charge is 0.411 e. The molecular weight excluding hydrogens is 429 g/mol. The van der Waals surface area contributed by atoms with Crippen LogP contribution in [-0.2, 0) is 19.9 Å². The van der Waals surface area contributed by atoms with Crippen LogP contribution in [0.2, 0.25) is 0 Å². The highest BCUT2D eigenvalue weighted by atomic mass is 79.9. The van der Waals surface area contributed by atoms with Gasteiger partial charge in [0.15, 0.2) is 5.60 Å². The van der Waals surface area contributed by atoms with Gasteiger partial charge in [0.05, 0.1) is 19.6 Å². The molecule has 1 amide bonds. The minimum atomic E-state index is -1.17. The van der Waals surface area contributed by atoms with Crippen molar-refractivity contribution in [2.24, 2.45) is 0 Å². The summed E-state index contributed by atoms with van der Waals surface area (Å²) in [5.74, 6) is -0.892. The van der Waals surface area contributed by atoms with Gasteiger partial charge < -0.3 is 14.4 Å². The van der Waals surface area contributed by atoms with Crippen molar-refractivity contribution in [1.29, 1.82) is 0 Å². The Hall–Kier alpha value is -2.41. The minimum Gasteiger partial charge on any atom is -0.469 e. The Morgan fingerprint density at radius 2 is 1.89 bits per heavy atom. The highest BCUT2D eigenvalue weighted by molar-refractivity contribution is 9.10. The maximum Gasteiger partial charge on any atom is 0.411 e. The normalized spacial score (nSPS) is 20.4. The first-order valence-electron chi connectivity index (χ1n) is 8.92. The number of hydrogen-bond donors (Lipinski definition) is 0. The maximum absolute atomic E-state index is 13.4. The fourth-order valence-electron chi connectivity index (χ4n) is 3.43. The molecule has 0 aromatic heterocycles. The topological polar surface area (TPSA) is 55.8 Å². The first-order valence-corrected chi connectivity index (χ1v) is 9.72. The lowest BCUT2D eigenvalue weighted by atomic mass is 9.85. The maximum atomic E-state index is 13.4. The van der Waals surface area contributed by atoms with E-state index in [0.29, 0.717) is 18.5 Å². The number of amides is 1. The van der Waals surface area contributed by atoms with Crippen LogP contribution >= 0.6 is 15.9 Å². The largest absolute Gasteiger partial charge is 0.469 e. The predicted molar refractivity (Wildman–Crippen MR) is 105 cm³/mol. The lowest BCUT2D eigenvalue weighted by Crippen LogP contribution is -2.49. The van der Waals surface area contributed by atoms with Crippen LogP contribution in [0, 0.1) is 5.82 Å². The molecule has 0 N–H and O–H groups in total. The summed E-state index contributed by atoms with van der Waals surface area (Å²) in [5, 5.41) is 0. The third-order valence-corrected chi connectivity index (χ3v) is 5.65. The number of cyclic esters (lactones) is 1. The molecule has 2 atom stereocenters. The molecule has 148 valence electrons. The van der Waals surface area contributed by atoms with E-state index in [9.17, 15) is 14.0 Å². The number of nitrogens with zero attached hydrogens (tertiary/aromatic N) is 1. The summed E-state index contributed by atoms with van der Waals surface area (Å²) in [5.41, 5.74) is 0.374. The van der Waals surface area contributed by atoms with Crippen molar-refractivity contribution >= 4 is 28.0 Å². The fraction of sp³-hybridized carbons (Fsp3) is 0.333. The Labute approximate surface area is 171 Å². The third-order valence-electron chi connectivity index (χ3n) is 5.12. The van der Waals surface area contributed by atoms with Gasteiger partial charge in [-0.2, -0.15) is 0 Å². The number of rotatable bonds is 5. The van der Waals surface area contributed by atoms with Crippen LogP contribution in [-0.4, -0.2) is 30.6 Å². The number of ether oxygens (including phenoxy) is 2. The number of methoxy groups -OCH3 is 1. The van der Waals surface area contributed by atoms with Crippen LogP contribution < -0.4 is 0 Å². The Balaban J connectivity index is 1.85. The van der Waals surface area contributed by atoms with Crippen LogP contribution in [0.4, 0.5) is 9.18 Å². The fourth-order valence-corrected chi connectivity index (χ4v) is 3.70. The third kappa shape index (κ3) is 4.19. The summed E-state index contributed by atoms with van der Waals surface area (Å²) in [6.45, 7) is 2.32. The molecule has 7 heteroatoms. The van der Waals surface area contributed by atoms with Gasteiger partial charge in [0.25, 0.3) is 0 Å². The van der Waals surface area contributed by atoms with Crippen molar-refractivity contribution in [2.75, 3.05) is 13.7 Å². The first-order chi connectivity index (χ1) is 13.3. The number of carbonyl (C=O) groups is 2. The van der Waals surface area contributed by atoms with E-state index in [1.165, 1.54) is 19.2 Å². The van der Waals surface area contributed by atoms with Gasteiger partial charge in [-0.1, -0.05) is 40.2 Å². The molecule has 0 bridgehead atoms.